The predicted octanol–water partition coefficient (Wildman–Crippen LogP) is 3.55. The highest BCUT2D eigenvalue weighted by Gasteiger charge is 2.26. The molecule has 0 bridgehead atoms. The zero-order chi connectivity index (χ0) is 18.6. The number of hydrogen-bond donors (Lipinski definition) is 1. The van der Waals surface area contributed by atoms with Gasteiger partial charge in [0.2, 0.25) is 5.91 Å². The molecule has 0 saturated carbocycles. The van der Waals surface area contributed by atoms with E-state index in [4.69, 9.17) is 10.7 Å². The van der Waals surface area contributed by atoms with Crippen molar-refractivity contribution in [2.45, 2.75) is 31.6 Å². The molecule has 1 aliphatic heterocycles. The van der Waals surface area contributed by atoms with Crippen LogP contribution in [0.2, 0.25) is 0 Å². The number of rotatable bonds is 4. The Kier molecular flexibility index (Phi) is 5.01. The van der Waals surface area contributed by atoms with Crippen LogP contribution in [-0.2, 0) is 11.2 Å². The first kappa shape index (κ1) is 17.5. The summed E-state index contributed by atoms with van der Waals surface area (Å²) in [6, 6.07) is 14.0. The summed E-state index contributed by atoms with van der Waals surface area (Å²) in [6.07, 6.45) is 6.68. The van der Waals surface area contributed by atoms with Gasteiger partial charge in [0.05, 0.1) is 16.9 Å². The van der Waals surface area contributed by atoms with Crippen LogP contribution in [0.25, 0.3) is 10.9 Å². The van der Waals surface area contributed by atoms with E-state index in [9.17, 15) is 4.79 Å². The Morgan fingerprint density at radius 2 is 1.96 bits per heavy atom. The lowest BCUT2D eigenvalue weighted by Gasteiger charge is -2.32. The molecule has 3 aromatic rings. The van der Waals surface area contributed by atoms with Crippen LogP contribution in [0, 0.1) is 0 Å². The third-order valence-corrected chi connectivity index (χ3v) is 5.37. The number of likely N-dealkylation sites (tertiary alicyclic amines) is 1. The third-order valence-electron chi connectivity index (χ3n) is 5.37. The van der Waals surface area contributed by atoms with Gasteiger partial charge in [0.15, 0.2) is 0 Å². The van der Waals surface area contributed by atoms with Crippen LogP contribution in [0.5, 0.6) is 0 Å². The molecule has 0 spiro atoms. The minimum atomic E-state index is 0.219. The van der Waals surface area contributed by atoms with E-state index in [0.717, 1.165) is 60.2 Å². The molecule has 1 aromatic carbocycles. The van der Waals surface area contributed by atoms with Crippen molar-refractivity contribution in [1.29, 1.82) is 0 Å². The fourth-order valence-corrected chi connectivity index (χ4v) is 3.83. The van der Waals surface area contributed by atoms with Crippen LogP contribution in [0.4, 0.5) is 5.69 Å². The zero-order valence-corrected chi connectivity index (χ0v) is 15.3. The van der Waals surface area contributed by atoms with Crippen LogP contribution in [0.1, 0.15) is 36.4 Å². The number of carbonyl (C=O) groups is 1. The fourth-order valence-electron chi connectivity index (χ4n) is 3.83. The Balaban J connectivity index is 1.37. The molecule has 27 heavy (non-hydrogen) atoms. The molecule has 1 saturated heterocycles. The first-order chi connectivity index (χ1) is 13.2. The van der Waals surface area contributed by atoms with Gasteiger partial charge in [-0.1, -0.05) is 24.3 Å². The van der Waals surface area contributed by atoms with Crippen molar-refractivity contribution >= 4 is 22.5 Å². The third kappa shape index (κ3) is 3.92. The molecule has 3 heterocycles. The van der Waals surface area contributed by atoms with Gasteiger partial charge in [-0.05, 0) is 43.0 Å². The highest BCUT2D eigenvalue weighted by Crippen LogP contribution is 2.32. The minimum Gasteiger partial charge on any atom is -0.397 e. The maximum Gasteiger partial charge on any atom is 0.222 e. The Bertz CT molecular complexity index is 933. The van der Waals surface area contributed by atoms with Crippen LogP contribution in [0.15, 0.2) is 54.9 Å². The molecular weight excluding hydrogens is 336 g/mol. The lowest BCUT2D eigenvalue weighted by Crippen LogP contribution is -2.38. The minimum absolute atomic E-state index is 0.219. The summed E-state index contributed by atoms with van der Waals surface area (Å²) < 4.78 is 0. The number of para-hydroxylation sites is 1. The number of piperidine rings is 1. The summed E-state index contributed by atoms with van der Waals surface area (Å²) in [6.45, 7) is 1.54. The second-order valence-corrected chi connectivity index (χ2v) is 7.17. The Morgan fingerprint density at radius 3 is 2.74 bits per heavy atom. The smallest absolute Gasteiger partial charge is 0.222 e. The molecule has 2 aromatic heterocycles. The standard InChI is InChI=1S/C22H24N4O/c23-19-14-18-5-1-2-6-20(18)25-22(19)17-9-12-26(13-10-17)21(27)8-7-16-4-3-11-24-15-16/h1-6,11,14-15,17H,7-10,12-13,23H2. The predicted molar refractivity (Wildman–Crippen MR) is 107 cm³/mol. The van der Waals surface area contributed by atoms with Gasteiger partial charge in [-0.15, -0.1) is 0 Å². The van der Waals surface area contributed by atoms with Gasteiger partial charge >= 0.3 is 0 Å². The SMILES string of the molecule is Nc1cc2ccccc2nc1C1CCN(C(=O)CCc2cccnc2)CC1. The second kappa shape index (κ2) is 7.74. The average molecular weight is 360 g/mol. The molecule has 5 nitrogen and oxygen atoms in total. The number of pyridine rings is 2. The largest absolute Gasteiger partial charge is 0.397 e. The van der Waals surface area contributed by atoms with Crippen molar-refractivity contribution in [2.75, 3.05) is 18.8 Å². The maximum absolute atomic E-state index is 12.5. The number of fused-ring (bicyclic) bond motifs is 1. The number of aryl methyl sites for hydroxylation is 1. The number of amides is 1. The van der Waals surface area contributed by atoms with Crippen LogP contribution in [-0.4, -0.2) is 33.9 Å². The van der Waals surface area contributed by atoms with E-state index in [1.54, 1.807) is 6.20 Å². The number of carbonyl (C=O) groups excluding carboxylic acids is 1. The highest BCUT2D eigenvalue weighted by atomic mass is 16.2. The molecule has 0 radical (unpaired) electrons. The molecule has 4 rings (SSSR count). The molecule has 5 heteroatoms. The number of anilines is 1. The summed E-state index contributed by atoms with van der Waals surface area (Å²) in [5.41, 5.74) is 10.1. The van der Waals surface area contributed by atoms with Crippen molar-refractivity contribution in [3.8, 4) is 0 Å². The lowest BCUT2D eigenvalue weighted by molar-refractivity contribution is -0.132. The van der Waals surface area contributed by atoms with Crippen LogP contribution in [0.3, 0.4) is 0 Å². The summed E-state index contributed by atoms with van der Waals surface area (Å²) in [4.78, 5) is 23.4. The molecular formula is C22H24N4O. The number of benzene rings is 1. The van der Waals surface area contributed by atoms with E-state index >= 15 is 0 Å². The normalized spacial score (nSPS) is 15.2. The number of nitrogens with zero attached hydrogens (tertiary/aromatic N) is 3. The van der Waals surface area contributed by atoms with Gasteiger partial charge in [0.25, 0.3) is 0 Å². The number of nitrogen functional groups attached to an aromatic ring is 1. The summed E-state index contributed by atoms with van der Waals surface area (Å²) in [5.74, 6) is 0.536. The maximum atomic E-state index is 12.5. The first-order valence-electron chi connectivity index (χ1n) is 9.52. The van der Waals surface area contributed by atoms with Crippen molar-refractivity contribution in [1.82, 2.24) is 14.9 Å². The average Bonchev–Trinajstić information content (AvgIpc) is 2.72. The van der Waals surface area contributed by atoms with Crippen molar-refractivity contribution < 1.29 is 4.79 Å². The Morgan fingerprint density at radius 1 is 1.15 bits per heavy atom. The van der Waals surface area contributed by atoms with Gasteiger partial charge in [-0.2, -0.15) is 0 Å². The summed E-state index contributed by atoms with van der Waals surface area (Å²) >= 11 is 0. The van der Waals surface area contributed by atoms with E-state index in [0.29, 0.717) is 12.3 Å². The molecule has 2 N–H and O–H groups in total. The number of aromatic nitrogens is 2. The zero-order valence-electron chi connectivity index (χ0n) is 15.3. The van der Waals surface area contributed by atoms with Gasteiger partial charge < -0.3 is 10.6 Å². The van der Waals surface area contributed by atoms with E-state index in [2.05, 4.69) is 4.98 Å². The highest BCUT2D eigenvalue weighted by molar-refractivity contribution is 5.82. The monoisotopic (exact) mass is 360 g/mol. The van der Waals surface area contributed by atoms with E-state index in [-0.39, 0.29) is 5.91 Å². The molecule has 1 amide bonds. The van der Waals surface area contributed by atoms with Crippen molar-refractivity contribution in [2.24, 2.45) is 0 Å². The number of nitrogens with two attached hydrogens (primary N) is 1. The number of hydrogen-bond acceptors (Lipinski definition) is 4. The molecule has 0 aliphatic carbocycles. The van der Waals surface area contributed by atoms with Crippen LogP contribution >= 0.6 is 0 Å². The van der Waals surface area contributed by atoms with Gasteiger partial charge in [0.1, 0.15) is 0 Å². The van der Waals surface area contributed by atoms with Crippen molar-refractivity contribution in [3.63, 3.8) is 0 Å². The van der Waals surface area contributed by atoms with Gasteiger partial charge in [-0.25, -0.2) is 0 Å². The van der Waals surface area contributed by atoms with E-state index in [1.807, 2.05) is 53.6 Å². The fraction of sp³-hybridized carbons (Fsp3) is 0.318. The van der Waals surface area contributed by atoms with E-state index < -0.39 is 0 Å². The topological polar surface area (TPSA) is 72.1 Å². The molecule has 138 valence electrons. The second-order valence-electron chi connectivity index (χ2n) is 7.17. The van der Waals surface area contributed by atoms with Crippen molar-refractivity contribution in [3.05, 3.63) is 66.1 Å². The molecule has 0 atom stereocenters. The lowest BCUT2D eigenvalue weighted by atomic mass is 9.91. The molecule has 1 aliphatic rings. The van der Waals surface area contributed by atoms with E-state index in [1.165, 1.54) is 0 Å². The Hall–Kier alpha value is -2.95. The molecule has 1 fully saturated rings. The van der Waals surface area contributed by atoms with Crippen LogP contribution < -0.4 is 5.73 Å². The molecule has 0 unspecified atom stereocenters. The quantitative estimate of drug-likeness (QED) is 0.772. The van der Waals surface area contributed by atoms with Gasteiger partial charge in [0, 0.05) is 43.2 Å². The van der Waals surface area contributed by atoms with Gasteiger partial charge in [-0.3, -0.25) is 14.8 Å². The summed E-state index contributed by atoms with van der Waals surface area (Å²) in [7, 11) is 0. The Labute approximate surface area is 159 Å². The first-order valence-corrected chi connectivity index (χ1v) is 9.52. The summed E-state index contributed by atoms with van der Waals surface area (Å²) in [5, 5.41) is 1.07.